The van der Waals surface area contributed by atoms with Gasteiger partial charge in [0.15, 0.2) is 10.8 Å². The molecule has 0 aliphatic carbocycles. The van der Waals surface area contributed by atoms with Crippen molar-refractivity contribution in [3.05, 3.63) is 10.6 Å². The van der Waals surface area contributed by atoms with Gasteiger partial charge >= 0.3 is 5.97 Å². The van der Waals surface area contributed by atoms with E-state index in [1.807, 2.05) is 13.8 Å². The highest BCUT2D eigenvalue weighted by Crippen LogP contribution is 2.30. The molecule has 2 aliphatic rings. The number of aromatic nitrogens is 1. The van der Waals surface area contributed by atoms with E-state index in [0.29, 0.717) is 18.3 Å². The third-order valence-electron chi connectivity index (χ3n) is 4.33. The van der Waals surface area contributed by atoms with Crippen molar-refractivity contribution in [3.63, 3.8) is 0 Å². The number of nitrogens with zero attached hydrogens (tertiary/aromatic N) is 3. The number of ether oxygens (including phenoxy) is 1. The number of thiazole rings is 1. The average Bonchev–Trinajstić information content (AvgIpc) is 3.00. The lowest BCUT2D eigenvalue weighted by molar-refractivity contribution is 0.0519. The van der Waals surface area contributed by atoms with Crippen LogP contribution in [0.3, 0.4) is 0 Å². The highest BCUT2D eigenvalue weighted by molar-refractivity contribution is 7.15. The first-order valence-corrected chi connectivity index (χ1v) is 8.64. The topological polar surface area (TPSA) is 45.7 Å². The van der Waals surface area contributed by atoms with Gasteiger partial charge in [-0.05, 0) is 39.7 Å². The summed E-state index contributed by atoms with van der Waals surface area (Å²) in [4.78, 5) is 22.4. The summed E-state index contributed by atoms with van der Waals surface area (Å²) in [5.74, 6) is -0.296. The largest absolute Gasteiger partial charge is 0.461 e. The third kappa shape index (κ3) is 3.06. The van der Waals surface area contributed by atoms with Crippen LogP contribution in [0.1, 0.15) is 41.6 Å². The van der Waals surface area contributed by atoms with Crippen LogP contribution in [0.2, 0.25) is 0 Å². The third-order valence-corrected chi connectivity index (χ3v) is 5.36. The molecule has 0 spiro atoms. The minimum Gasteiger partial charge on any atom is -0.461 e. The summed E-state index contributed by atoms with van der Waals surface area (Å²) in [6.45, 7) is 8.67. The summed E-state index contributed by atoms with van der Waals surface area (Å²) in [6, 6.07) is 0.655. The van der Waals surface area contributed by atoms with E-state index in [9.17, 15) is 4.79 Å². The number of hydrogen-bond donors (Lipinski definition) is 0. The molecule has 0 amide bonds. The van der Waals surface area contributed by atoms with Crippen LogP contribution in [0.5, 0.6) is 0 Å². The van der Waals surface area contributed by atoms with Gasteiger partial charge in [-0.1, -0.05) is 0 Å². The SMILES string of the molecule is CCOC(=O)c1nc(N2CCCN3CCCC3C2)sc1C. The van der Waals surface area contributed by atoms with Crippen molar-refractivity contribution in [1.29, 1.82) is 0 Å². The van der Waals surface area contributed by atoms with E-state index in [-0.39, 0.29) is 5.97 Å². The lowest BCUT2D eigenvalue weighted by Crippen LogP contribution is -2.36. The first kappa shape index (κ1) is 14.8. The Kier molecular flexibility index (Phi) is 4.45. The molecule has 1 aromatic heterocycles. The highest BCUT2D eigenvalue weighted by Gasteiger charge is 2.30. The summed E-state index contributed by atoms with van der Waals surface area (Å²) in [5, 5.41) is 0.976. The highest BCUT2D eigenvalue weighted by atomic mass is 32.1. The van der Waals surface area contributed by atoms with E-state index in [2.05, 4.69) is 14.8 Å². The maximum Gasteiger partial charge on any atom is 0.358 e. The van der Waals surface area contributed by atoms with Gasteiger partial charge in [-0.2, -0.15) is 0 Å². The molecular formula is C15H23N3O2S. The fourth-order valence-electron chi connectivity index (χ4n) is 3.29. The molecule has 5 nitrogen and oxygen atoms in total. The zero-order chi connectivity index (χ0) is 14.8. The summed E-state index contributed by atoms with van der Waals surface area (Å²) < 4.78 is 5.08. The number of aryl methyl sites for hydroxylation is 1. The molecule has 2 fully saturated rings. The molecule has 0 bridgehead atoms. The number of carbonyl (C=O) groups excluding carboxylic acids is 1. The fraction of sp³-hybridized carbons (Fsp3) is 0.733. The quantitative estimate of drug-likeness (QED) is 0.802. The van der Waals surface area contributed by atoms with Gasteiger partial charge in [0.2, 0.25) is 0 Å². The molecule has 1 aromatic rings. The minimum atomic E-state index is -0.296. The molecule has 0 radical (unpaired) electrons. The molecule has 0 saturated carbocycles. The zero-order valence-electron chi connectivity index (χ0n) is 12.8. The molecule has 21 heavy (non-hydrogen) atoms. The molecular weight excluding hydrogens is 286 g/mol. The van der Waals surface area contributed by atoms with Gasteiger partial charge in [-0.3, -0.25) is 4.90 Å². The lowest BCUT2D eigenvalue weighted by Gasteiger charge is -2.25. The van der Waals surface area contributed by atoms with Crippen molar-refractivity contribution >= 4 is 22.4 Å². The molecule has 0 N–H and O–H groups in total. The first-order valence-electron chi connectivity index (χ1n) is 7.82. The number of carbonyl (C=O) groups is 1. The Morgan fingerprint density at radius 1 is 1.38 bits per heavy atom. The van der Waals surface area contributed by atoms with Crippen molar-refractivity contribution in [2.24, 2.45) is 0 Å². The van der Waals surface area contributed by atoms with Gasteiger partial charge in [-0.15, -0.1) is 11.3 Å². The van der Waals surface area contributed by atoms with Gasteiger partial charge in [0, 0.05) is 30.6 Å². The average molecular weight is 309 g/mol. The summed E-state index contributed by atoms with van der Waals surface area (Å²) in [5.41, 5.74) is 0.490. The molecule has 2 aliphatic heterocycles. The van der Waals surface area contributed by atoms with Crippen molar-refractivity contribution in [2.45, 2.75) is 39.2 Å². The van der Waals surface area contributed by atoms with E-state index >= 15 is 0 Å². The Bertz CT molecular complexity index is 517. The van der Waals surface area contributed by atoms with E-state index in [0.717, 1.165) is 23.1 Å². The van der Waals surface area contributed by atoms with E-state index < -0.39 is 0 Å². The van der Waals surface area contributed by atoms with Crippen molar-refractivity contribution in [1.82, 2.24) is 9.88 Å². The second-order valence-corrected chi connectivity index (χ2v) is 6.93. The van der Waals surface area contributed by atoms with E-state index in [1.54, 1.807) is 11.3 Å². The van der Waals surface area contributed by atoms with Gasteiger partial charge < -0.3 is 9.64 Å². The van der Waals surface area contributed by atoms with Gasteiger partial charge in [0.25, 0.3) is 0 Å². The molecule has 6 heteroatoms. The number of esters is 1. The Morgan fingerprint density at radius 2 is 2.19 bits per heavy atom. The van der Waals surface area contributed by atoms with Crippen LogP contribution >= 0.6 is 11.3 Å². The van der Waals surface area contributed by atoms with E-state index in [4.69, 9.17) is 4.74 Å². The Labute approximate surface area is 129 Å². The Balaban J connectivity index is 1.76. The maximum atomic E-state index is 11.9. The molecule has 2 saturated heterocycles. The van der Waals surface area contributed by atoms with Gasteiger partial charge in [-0.25, -0.2) is 9.78 Å². The molecule has 3 heterocycles. The fourth-order valence-corrected chi connectivity index (χ4v) is 4.22. The van der Waals surface area contributed by atoms with Crippen molar-refractivity contribution in [2.75, 3.05) is 37.7 Å². The number of rotatable bonds is 3. The molecule has 1 atom stereocenters. The minimum absolute atomic E-state index is 0.296. The van der Waals surface area contributed by atoms with Crippen LogP contribution in [0.25, 0.3) is 0 Å². The van der Waals surface area contributed by atoms with Crippen LogP contribution in [0.4, 0.5) is 5.13 Å². The molecule has 0 aromatic carbocycles. The number of hydrogen-bond acceptors (Lipinski definition) is 6. The second kappa shape index (κ2) is 6.32. The molecule has 116 valence electrons. The van der Waals surface area contributed by atoms with Crippen LogP contribution in [-0.4, -0.2) is 54.7 Å². The summed E-state index contributed by atoms with van der Waals surface area (Å²) in [7, 11) is 0. The number of fused-ring (bicyclic) bond motifs is 1. The van der Waals surface area contributed by atoms with E-state index in [1.165, 1.54) is 32.4 Å². The zero-order valence-corrected chi connectivity index (χ0v) is 13.6. The standard InChI is InChI=1S/C15H23N3O2S/c1-3-20-14(19)13-11(2)21-15(16-13)18-9-5-8-17-7-4-6-12(17)10-18/h12H,3-10H2,1-2H3. The molecule has 3 rings (SSSR count). The molecule has 1 unspecified atom stereocenters. The summed E-state index contributed by atoms with van der Waals surface area (Å²) in [6.07, 6.45) is 3.76. The smallest absolute Gasteiger partial charge is 0.358 e. The summed E-state index contributed by atoms with van der Waals surface area (Å²) >= 11 is 1.61. The maximum absolute atomic E-state index is 11.9. The normalized spacial score (nSPS) is 23.0. The lowest BCUT2D eigenvalue weighted by atomic mass is 10.2. The van der Waals surface area contributed by atoms with Crippen LogP contribution in [-0.2, 0) is 4.74 Å². The predicted octanol–water partition coefficient (Wildman–Crippen LogP) is 2.30. The van der Waals surface area contributed by atoms with Crippen LogP contribution in [0, 0.1) is 6.92 Å². The van der Waals surface area contributed by atoms with Crippen molar-refractivity contribution < 1.29 is 9.53 Å². The monoisotopic (exact) mass is 309 g/mol. The predicted molar refractivity (Wildman–Crippen MR) is 84.2 cm³/mol. The first-order chi connectivity index (χ1) is 10.2. The van der Waals surface area contributed by atoms with Crippen molar-refractivity contribution in [3.8, 4) is 0 Å². The number of anilines is 1. The van der Waals surface area contributed by atoms with Crippen LogP contribution < -0.4 is 4.90 Å². The second-order valence-electron chi connectivity index (χ2n) is 5.75. The van der Waals surface area contributed by atoms with Gasteiger partial charge in [0.1, 0.15) is 0 Å². The van der Waals surface area contributed by atoms with Gasteiger partial charge in [0.05, 0.1) is 6.61 Å². The van der Waals surface area contributed by atoms with Crippen LogP contribution in [0.15, 0.2) is 0 Å². The Hall–Kier alpha value is -1.14. The Morgan fingerprint density at radius 3 is 3.00 bits per heavy atom.